The molecule has 2 aromatic carbocycles. The molecular formula is C17H16FN3O3. The number of anilines is 2. The molecule has 6 nitrogen and oxygen atoms in total. The van der Waals surface area contributed by atoms with Gasteiger partial charge in [0.1, 0.15) is 5.82 Å². The number of nitrogens with one attached hydrogen (secondary N) is 3. The normalized spacial score (nSPS) is 9.92. The van der Waals surface area contributed by atoms with E-state index >= 15 is 0 Å². The van der Waals surface area contributed by atoms with Gasteiger partial charge in [0.05, 0.1) is 6.54 Å². The molecule has 0 aromatic heterocycles. The standard InChI is InChI=1S/C17H16FN3O3/c1-11(22)20-14-6-8-15(9-7-14)21-16(23)10-19-17(24)12-2-4-13(18)5-3-12/h2-9H,10H2,1H3,(H,19,24)(H,20,22)(H,21,23). The molecule has 124 valence electrons. The Morgan fingerprint density at radius 3 is 1.96 bits per heavy atom. The first-order valence-electron chi connectivity index (χ1n) is 7.15. The van der Waals surface area contributed by atoms with Crippen molar-refractivity contribution in [3.8, 4) is 0 Å². The highest BCUT2D eigenvalue weighted by Crippen LogP contribution is 2.13. The first-order chi connectivity index (χ1) is 11.4. The highest BCUT2D eigenvalue weighted by atomic mass is 19.1. The average Bonchev–Trinajstić information content (AvgIpc) is 2.54. The summed E-state index contributed by atoms with van der Waals surface area (Å²) in [7, 11) is 0. The zero-order valence-corrected chi connectivity index (χ0v) is 12.9. The molecule has 0 aliphatic rings. The van der Waals surface area contributed by atoms with E-state index in [0.29, 0.717) is 11.4 Å². The molecule has 0 spiro atoms. The van der Waals surface area contributed by atoms with Gasteiger partial charge in [-0.25, -0.2) is 4.39 Å². The molecular weight excluding hydrogens is 313 g/mol. The van der Waals surface area contributed by atoms with E-state index in [4.69, 9.17) is 0 Å². The van der Waals surface area contributed by atoms with E-state index in [9.17, 15) is 18.8 Å². The van der Waals surface area contributed by atoms with Crippen molar-refractivity contribution in [2.75, 3.05) is 17.2 Å². The predicted molar refractivity (Wildman–Crippen MR) is 88.1 cm³/mol. The lowest BCUT2D eigenvalue weighted by atomic mass is 10.2. The maximum absolute atomic E-state index is 12.8. The third-order valence-electron chi connectivity index (χ3n) is 3.00. The highest BCUT2D eigenvalue weighted by Gasteiger charge is 2.08. The van der Waals surface area contributed by atoms with E-state index in [1.54, 1.807) is 24.3 Å². The first kappa shape index (κ1) is 17.1. The van der Waals surface area contributed by atoms with Gasteiger partial charge in [0.15, 0.2) is 0 Å². The van der Waals surface area contributed by atoms with E-state index in [1.807, 2.05) is 0 Å². The lowest BCUT2D eigenvalue weighted by Crippen LogP contribution is -2.32. The molecule has 0 fully saturated rings. The van der Waals surface area contributed by atoms with Crippen molar-refractivity contribution >= 4 is 29.1 Å². The van der Waals surface area contributed by atoms with E-state index in [2.05, 4.69) is 16.0 Å². The van der Waals surface area contributed by atoms with Gasteiger partial charge in [-0.3, -0.25) is 14.4 Å². The highest BCUT2D eigenvalue weighted by molar-refractivity contribution is 5.99. The summed E-state index contributed by atoms with van der Waals surface area (Å²) in [6.07, 6.45) is 0. The zero-order valence-electron chi connectivity index (χ0n) is 12.9. The van der Waals surface area contributed by atoms with Crippen LogP contribution >= 0.6 is 0 Å². The number of rotatable bonds is 5. The van der Waals surface area contributed by atoms with Crippen LogP contribution in [0.1, 0.15) is 17.3 Å². The third kappa shape index (κ3) is 5.20. The van der Waals surface area contributed by atoms with Crippen LogP contribution in [-0.4, -0.2) is 24.3 Å². The second kappa shape index (κ2) is 7.87. The molecule has 3 amide bonds. The predicted octanol–water partition coefficient (Wildman–Crippen LogP) is 2.15. The second-order valence-corrected chi connectivity index (χ2v) is 5.00. The Kier molecular flexibility index (Phi) is 5.62. The van der Waals surface area contributed by atoms with Gasteiger partial charge in [-0.05, 0) is 48.5 Å². The third-order valence-corrected chi connectivity index (χ3v) is 3.00. The van der Waals surface area contributed by atoms with Gasteiger partial charge in [0.25, 0.3) is 5.91 Å². The molecule has 0 aliphatic heterocycles. The summed E-state index contributed by atoms with van der Waals surface area (Å²) >= 11 is 0. The quantitative estimate of drug-likeness (QED) is 0.785. The summed E-state index contributed by atoms with van der Waals surface area (Å²) in [4.78, 5) is 34.5. The SMILES string of the molecule is CC(=O)Nc1ccc(NC(=O)CNC(=O)c2ccc(F)cc2)cc1. The maximum Gasteiger partial charge on any atom is 0.251 e. The number of carbonyl (C=O) groups is 3. The first-order valence-corrected chi connectivity index (χ1v) is 7.15. The Balaban J connectivity index is 1.83. The van der Waals surface area contributed by atoms with E-state index in [1.165, 1.54) is 31.2 Å². The van der Waals surface area contributed by atoms with E-state index < -0.39 is 17.6 Å². The van der Waals surface area contributed by atoms with Crippen molar-refractivity contribution in [2.24, 2.45) is 0 Å². The van der Waals surface area contributed by atoms with Crippen LogP contribution in [0, 0.1) is 5.82 Å². The molecule has 7 heteroatoms. The molecule has 0 heterocycles. The van der Waals surface area contributed by atoms with Gasteiger partial charge < -0.3 is 16.0 Å². The monoisotopic (exact) mass is 329 g/mol. The molecule has 0 saturated heterocycles. The Hall–Kier alpha value is -3.22. The number of amides is 3. The fraction of sp³-hybridized carbons (Fsp3) is 0.118. The molecule has 2 aromatic rings. The summed E-state index contributed by atoms with van der Waals surface area (Å²) in [6.45, 7) is 1.18. The number of hydrogen-bond donors (Lipinski definition) is 3. The molecule has 0 unspecified atom stereocenters. The summed E-state index contributed by atoms with van der Waals surface area (Å²) in [5.74, 6) is -1.49. The van der Waals surface area contributed by atoms with Crippen molar-refractivity contribution in [3.05, 3.63) is 59.9 Å². The summed E-state index contributed by atoms with van der Waals surface area (Å²) in [5.41, 5.74) is 1.42. The molecule has 0 atom stereocenters. The van der Waals surface area contributed by atoms with Crippen LogP contribution in [0.15, 0.2) is 48.5 Å². The lowest BCUT2D eigenvalue weighted by Gasteiger charge is -2.08. The van der Waals surface area contributed by atoms with E-state index in [-0.39, 0.29) is 18.0 Å². The Morgan fingerprint density at radius 2 is 1.42 bits per heavy atom. The minimum Gasteiger partial charge on any atom is -0.343 e. The van der Waals surface area contributed by atoms with Gasteiger partial charge in [0, 0.05) is 23.9 Å². The molecule has 3 N–H and O–H groups in total. The van der Waals surface area contributed by atoms with E-state index in [0.717, 1.165) is 0 Å². The van der Waals surface area contributed by atoms with Crippen LogP contribution in [0.4, 0.5) is 15.8 Å². The molecule has 2 rings (SSSR count). The summed E-state index contributed by atoms with van der Waals surface area (Å²) in [6, 6.07) is 11.6. The number of carbonyl (C=O) groups excluding carboxylic acids is 3. The van der Waals surface area contributed by atoms with Gasteiger partial charge in [-0.15, -0.1) is 0 Å². The summed E-state index contributed by atoms with van der Waals surface area (Å²) in [5, 5.41) is 7.67. The average molecular weight is 329 g/mol. The lowest BCUT2D eigenvalue weighted by molar-refractivity contribution is -0.115. The van der Waals surface area contributed by atoms with Gasteiger partial charge in [-0.1, -0.05) is 0 Å². The van der Waals surface area contributed by atoms with Crippen molar-refractivity contribution in [2.45, 2.75) is 6.92 Å². The largest absolute Gasteiger partial charge is 0.343 e. The zero-order chi connectivity index (χ0) is 17.5. The summed E-state index contributed by atoms with van der Waals surface area (Å²) < 4.78 is 12.8. The van der Waals surface area contributed by atoms with Gasteiger partial charge in [-0.2, -0.15) is 0 Å². The Bertz CT molecular complexity index is 743. The Morgan fingerprint density at radius 1 is 0.875 bits per heavy atom. The van der Waals surface area contributed by atoms with Crippen LogP contribution in [0.3, 0.4) is 0 Å². The van der Waals surface area contributed by atoms with Gasteiger partial charge >= 0.3 is 0 Å². The van der Waals surface area contributed by atoms with Crippen LogP contribution in [0.5, 0.6) is 0 Å². The fourth-order valence-corrected chi connectivity index (χ4v) is 1.91. The fourth-order valence-electron chi connectivity index (χ4n) is 1.91. The number of halogens is 1. The number of hydrogen-bond acceptors (Lipinski definition) is 3. The van der Waals surface area contributed by atoms with Crippen LogP contribution in [0.2, 0.25) is 0 Å². The smallest absolute Gasteiger partial charge is 0.251 e. The second-order valence-electron chi connectivity index (χ2n) is 5.00. The molecule has 24 heavy (non-hydrogen) atoms. The topological polar surface area (TPSA) is 87.3 Å². The Labute approximate surface area is 138 Å². The van der Waals surface area contributed by atoms with Crippen LogP contribution in [0.25, 0.3) is 0 Å². The minimum absolute atomic E-state index is 0.185. The van der Waals surface area contributed by atoms with Crippen molar-refractivity contribution in [3.63, 3.8) is 0 Å². The van der Waals surface area contributed by atoms with Crippen molar-refractivity contribution in [1.29, 1.82) is 0 Å². The van der Waals surface area contributed by atoms with Crippen LogP contribution < -0.4 is 16.0 Å². The molecule has 0 saturated carbocycles. The van der Waals surface area contributed by atoms with Crippen molar-refractivity contribution in [1.82, 2.24) is 5.32 Å². The van der Waals surface area contributed by atoms with Crippen molar-refractivity contribution < 1.29 is 18.8 Å². The maximum atomic E-state index is 12.8. The molecule has 0 radical (unpaired) electrons. The van der Waals surface area contributed by atoms with Crippen LogP contribution in [-0.2, 0) is 9.59 Å². The van der Waals surface area contributed by atoms with Gasteiger partial charge in [0.2, 0.25) is 11.8 Å². The molecule has 0 bridgehead atoms. The number of benzene rings is 2. The molecule has 0 aliphatic carbocycles. The minimum atomic E-state index is -0.467.